The Hall–Kier alpha value is -1.54. The van der Waals surface area contributed by atoms with Crippen LogP contribution in [0.1, 0.15) is 354 Å². The van der Waals surface area contributed by atoms with Gasteiger partial charge in [-0.25, -0.2) is 4.57 Å². The number of rotatable bonds is 66. The third-order valence-corrected chi connectivity index (χ3v) is 17.3. The van der Waals surface area contributed by atoms with Crippen molar-refractivity contribution in [1.29, 1.82) is 0 Å². The van der Waals surface area contributed by atoms with Crippen LogP contribution in [-0.2, 0) is 18.4 Å². The van der Waals surface area contributed by atoms with Crippen LogP contribution in [0.2, 0.25) is 0 Å². The molecule has 478 valence electrons. The summed E-state index contributed by atoms with van der Waals surface area (Å²) in [7, 11) is 1.59. The predicted octanol–water partition coefficient (Wildman–Crippen LogP) is 22.6. The van der Waals surface area contributed by atoms with Crippen molar-refractivity contribution in [2.45, 2.75) is 366 Å². The first-order valence-electron chi connectivity index (χ1n) is 35.5. The highest BCUT2D eigenvalue weighted by molar-refractivity contribution is 7.47. The van der Waals surface area contributed by atoms with Crippen LogP contribution in [0, 0.1) is 0 Å². The molecule has 0 aliphatic carbocycles. The largest absolute Gasteiger partial charge is 0.472 e. The number of hydrogen-bond donors (Lipinski definition) is 3. The van der Waals surface area contributed by atoms with Gasteiger partial charge in [-0.2, -0.15) is 0 Å². The quantitative estimate of drug-likeness (QED) is 0.0243. The maximum absolute atomic E-state index is 13.0. The summed E-state index contributed by atoms with van der Waals surface area (Å²) in [6.07, 6.45) is 85.6. The molecule has 0 bridgehead atoms. The van der Waals surface area contributed by atoms with Crippen molar-refractivity contribution in [3.05, 3.63) is 48.6 Å². The zero-order chi connectivity index (χ0) is 59.1. The Morgan fingerprint density at radius 3 is 1.02 bits per heavy atom. The minimum absolute atomic E-state index is 0.0635. The molecule has 8 nitrogen and oxygen atoms in total. The number of likely N-dealkylation sites (N-methyl/N-ethyl adjacent to an activating group) is 1. The van der Waals surface area contributed by atoms with Crippen LogP contribution in [0.5, 0.6) is 0 Å². The highest BCUT2D eigenvalue weighted by atomic mass is 31.2. The Balaban J connectivity index is 3.89. The van der Waals surface area contributed by atoms with Crippen molar-refractivity contribution < 1.29 is 32.9 Å². The first-order chi connectivity index (χ1) is 39.5. The number of phosphoric ester groups is 1. The SMILES string of the molecule is CCCCCCC/C=C\C/C=C\C/C=C\CCCCCCCCCCCCCCCCCCCCCCCCCCCCC(=O)NC(COP(=O)(O)OCC[N+](C)(C)C)C(O)/C=C/CCCCCCCCCCCCCCCCCC. The van der Waals surface area contributed by atoms with E-state index in [1.807, 2.05) is 27.2 Å². The number of nitrogens with zero attached hydrogens (tertiary/aromatic N) is 1. The van der Waals surface area contributed by atoms with Crippen molar-refractivity contribution in [3.63, 3.8) is 0 Å². The number of quaternary nitrogens is 1. The lowest BCUT2D eigenvalue weighted by Crippen LogP contribution is -2.45. The van der Waals surface area contributed by atoms with Crippen LogP contribution in [0.15, 0.2) is 48.6 Å². The van der Waals surface area contributed by atoms with E-state index in [2.05, 4.69) is 55.6 Å². The maximum Gasteiger partial charge on any atom is 0.472 e. The minimum Gasteiger partial charge on any atom is -0.387 e. The van der Waals surface area contributed by atoms with E-state index in [1.54, 1.807) is 6.08 Å². The number of phosphoric acid groups is 1. The van der Waals surface area contributed by atoms with Gasteiger partial charge in [0, 0.05) is 6.42 Å². The average Bonchev–Trinajstić information content (AvgIpc) is 3.43. The van der Waals surface area contributed by atoms with Crippen LogP contribution in [0.3, 0.4) is 0 Å². The van der Waals surface area contributed by atoms with Crippen LogP contribution in [0.4, 0.5) is 0 Å². The standard InChI is InChI=1S/C72H139N2O6P/c1-6-8-10-12-14-16-18-20-22-24-26-27-28-29-30-31-32-33-34-35-36-37-38-39-40-41-42-43-44-45-46-47-48-50-52-54-56-58-60-62-64-66-72(76)73-70(69-80-81(77,78)79-68-67-74(3,4)5)71(75)65-63-61-59-57-55-53-51-49-25-23-21-19-17-15-13-11-9-7-2/h18,20,24,26,28-29,63,65,70-71,75H,6-17,19,21-23,25,27,30-62,64,66-69H2,1-5H3,(H-,73,76,77,78)/p+1/b20-18-,26-24-,29-28-,65-63+. The van der Waals surface area contributed by atoms with E-state index in [9.17, 15) is 19.4 Å². The summed E-state index contributed by atoms with van der Waals surface area (Å²) >= 11 is 0. The van der Waals surface area contributed by atoms with Gasteiger partial charge in [0.1, 0.15) is 13.2 Å². The van der Waals surface area contributed by atoms with Gasteiger partial charge in [-0.15, -0.1) is 0 Å². The molecule has 0 aliphatic heterocycles. The zero-order valence-electron chi connectivity index (χ0n) is 54.8. The summed E-state index contributed by atoms with van der Waals surface area (Å²) in [6, 6.07) is -0.845. The smallest absolute Gasteiger partial charge is 0.387 e. The number of hydrogen-bond acceptors (Lipinski definition) is 5. The summed E-state index contributed by atoms with van der Waals surface area (Å²) in [6.45, 7) is 4.85. The van der Waals surface area contributed by atoms with Gasteiger partial charge >= 0.3 is 7.82 Å². The Bertz CT molecular complexity index is 1460. The molecule has 1 amide bonds. The lowest BCUT2D eigenvalue weighted by molar-refractivity contribution is -0.870. The summed E-state index contributed by atoms with van der Waals surface area (Å²) in [5, 5.41) is 14.0. The van der Waals surface area contributed by atoms with E-state index in [1.165, 1.54) is 283 Å². The van der Waals surface area contributed by atoms with Gasteiger partial charge in [-0.1, -0.05) is 339 Å². The molecule has 0 fully saturated rings. The summed E-state index contributed by atoms with van der Waals surface area (Å²) in [5.41, 5.74) is 0. The number of amides is 1. The number of aliphatic hydroxyl groups excluding tert-OH is 1. The summed E-state index contributed by atoms with van der Waals surface area (Å²) < 4.78 is 23.8. The molecule has 0 radical (unpaired) electrons. The molecular formula is C72H140N2O6P+. The lowest BCUT2D eigenvalue weighted by atomic mass is 10.0. The molecule has 0 aromatic rings. The van der Waals surface area contributed by atoms with Crippen molar-refractivity contribution in [3.8, 4) is 0 Å². The Morgan fingerprint density at radius 1 is 0.420 bits per heavy atom. The second-order valence-corrected chi connectivity index (χ2v) is 27.1. The van der Waals surface area contributed by atoms with Crippen molar-refractivity contribution in [2.24, 2.45) is 0 Å². The van der Waals surface area contributed by atoms with Crippen LogP contribution in [-0.4, -0.2) is 73.4 Å². The van der Waals surface area contributed by atoms with Gasteiger partial charge in [0.2, 0.25) is 5.91 Å². The van der Waals surface area contributed by atoms with Gasteiger partial charge in [0.15, 0.2) is 0 Å². The fourth-order valence-corrected chi connectivity index (χ4v) is 11.5. The Morgan fingerprint density at radius 2 is 0.704 bits per heavy atom. The molecule has 0 saturated carbocycles. The van der Waals surface area contributed by atoms with Gasteiger partial charge < -0.3 is 19.8 Å². The third-order valence-electron chi connectivity index (χ3n) is 16.3. The van der Waals surface area contributed by atoms with E-state index in [4.69, 9.17) is 9.05 Å². The van der Waals surface area contributed by atoms with E-state index in [0.29, 0.717) is 17.4 Å². The normalized spacial score (nSPS) is 13.9. The van der Waals surface area contributed by atoms with E-state index in [-0.39, 0.29) is 19.1 Å². The molecule has 3 unspecified atom stereocenters. The number of carbonyl (C=O) groups excluding carboxylic acids is 1. The second-order valence-electron chi connectivity index (χ2n) is 25.6. The summed E-state index contributed by atoms with van der Waals surface area (Å²) in [4.78, 5) is 23.4. The van der Waals surface area contributed by atoms with Crippen molar-refractivity contribution in [2.75, 3.05) is 40.9 Å². The van der Waals surface area contributed by atoms with Gasteiger partial charge in [0.25, 0.3) is 0 Å². The van der Waals surface area contributed by atoms with Crippen LogP contribution < -0.4 is 5.32 Å². The van der Waals surface area contributed by atoms with Gasteiger partial charge in [-0.05, 0) is 57.8 Å². The monoisotopic (exact) mass is 1160 g/mol. The minimum atomic E-state index is -4.35. The molecule has 3 N–H and O–H groups in total. The third kappa shape index (κ3) is 65.9. The van der Waals surface area contributed by atoms with E-state index in [0.717, 1.165) is 51.4 Å². The number of carbonyl (C=O) groups is 1. The zero-order valence-corrected chi connectivity index (χ0v) is 55.7. The second kappa shape index (κ2) is 63.0. The Labute approximate surface area is 505 Å². The fraction of sp³-hybridized carbons (Fsp3) is 0.875. The van der Waals surface area contributed by atoms with E-state index < -0.39 is 20.0 Å². The molecule has 0 aromatic heterocycles. The summed E-state index contributed by atoms with van der Waals surface area (Å²) in [5.74, 6) is -0.170. The van der Waals surface area contributed by atoms with Crippen molar-refractivity contribution >= 4 is 13.7 Å². The molecule has 9 heteroatoms. The first kappa shape index (κ1) is 79.5. The number of aliphatic hydroxyl groups is 1. The van der Waals surface area contributed by atoms with Gasteiger partial charge in [-0.3, -0.25) is 13.8 Å². The molecular weight excluding hydrogens is 1020 g/mol. The average molecular weight is 1160 g/mol. The molecule has 81 heavy (non-hydrogen) atoms. The van der Waals surface area contributed by atoms with Crippen LogP contribution >= 0.6 is 7.82 Å². The lowest BCUT2D eigenvalue weighted by Gasteiger charge is -2.25. The molecule has 0 aliphatic rings. The number of nitrogens with one attached hydrogen (secondary N) is 1. The molecule has 0 saturated heterocycles. The topological polar surface area (TPSA) is 105 Å². The maximum atomic E-state index is 13.0. The molecule has 0 spiro atoms. The first-order valence-corrected chi connectivity index (χ1v) is 37.0. The highest BCUT2D eigenvalue weighted by Gasteiger charge is 2.28. The molecule has 3 atom stereocenters. The molecule has 0 aromatic carbocycles. The number of allylic oxidation sites excluding steroid dienone is 7. The molecule has 0 rings (SSSR count). The highest BCUT2D eigenvalue weighted by Crippen LogP contribution is 2.43. The van der Waals surface area contributed by atoms with Crippen LogP contribution in [0.25, 0.3) is 0 Å². The predicted molar refractivity (Wildman–Crippen MR) is 355 cm³/mol. The fourth-order valence-electron chi connectivity index (χ4n) is 10.8. The number of unbranched alkanes of at least 4 members (excludes halogenated alkanes) is 47. The Kier molecular flexibility index (Phi) is 61.8. The van der Waals surface area contributed by atoms with Gasteiger partial charge in [0.05, 0.1) is 39.9 Å². The van der Waals surface area contributed by atoms with E-state index >= 15 is 0 Å². The van der Waals surface area contributed by atoms with Crippen molar-refractivity contribution in [1.82, 2.24) is 5.32 Å². The molecule has 0 heterocycles.